The predicted octanol–water partition coefficient (Wildman–Crippen LogP) is 5.01. The van der Waals surface area contributed by atoms with Crippen molar-refractivity contribution in [1.29, 1.82) is 0 Å². The first-order valence-electron chi connectivity index (χ1n) is 7.49. The van der Waals surface area contributed by atoms with Crippen LogP contribution in [0.25, 0.3) is 0 Å². The zero-order chi connectivity index (χ0) is 17.9. The summed E-state index contributed by atoms with van der Waals surface area (Å²) in [6.07, 6.45) is 0. The average Bonchev–Trinajstić information content (AvgIpc) is 2.53. The molecular formula is C19H20ClNO3. The smallest absolute Gasteiger partial charge is 0.335 e. The minimum absolute atomic E-state index is 0.0956. The average molecular weight is 346 g/mol. The highest BCUT2D eigenvalue weighted by Crippen LogP contribution is 2.32. The van der Waals surface area contributed by atoms with Gasteiger partial charge in [-0.3, -0.25) is 0 Å². The number of hydrogen-bond acceptors (Lipinski definition) is 3. The normalized spacial score (nSPS) is 12.1. The third kappa shape index (κ3) is 4.15. The van der Waals surface area contributed by atoms with Crippen LogP contribution in [0.4, 0.5) is 5.69 Å². The topological polar surface area (TPSA) is 58.9 Å². The van der Waals surface area contributed by atoms with Crippen LogP contribution in [0, 0.1) is 0 Å². The Morgan fingerprint density at radius 2 is 1.67 bits per heavy atom. The van der Waals surface area contributed by atoms with Gasteiger partial charge in [0.25, 0.3) is 0 Å². The number of nitrogens with zero attached hydrogens (tertiary/aromatic N) is 1. The van der Waals surface area contributed by atoms with Gasteiger partial charge in [0.05, 0.1) is 18.4 Å². The van der Waals surface area contributed by atoms with E-state index >= 15 is 0 Å². The third-order valence-corrected chi connectivity index (χ3v) is 3.89. The van der Waals surface area contributed by atoms with Crippen molar-refractivity contribution in [2.45, 2.75) is 26.2 Å². The zero-order valence-electron chi connectivity index (χ0n) is 14.1. The van der Waals surface area contributed by atoms with Gasteiger partial charge < -0.3 is 9.84 Å². The summed E-state index contributed by atoms with van der Waals surface area (Å²) in [5.74, 6) is -0.164. The van der Waals surface area contributed by atoms with Gasteiger partial charge in [0, 0.05) is 11.1 Å². The number of aliphatic imine (C=N–C) groups is 1. The third-order valence-electron chi connectivity index (χ3n) is 3.59. The number of rotatable bonds is 4. The molecule has 0 saturated carbocycles. The molecule has 0 radical (unpaired) electrons. The largest absolute Gasteiger partial charge is 0.496 e. The van der Waals surface area contributed by atoms with Gasteiger partial charge in [-0.15, -0.1) is 0 Å². The van der Waals surface area contributed by atoms with Gasteiger partial charge in [-0.25, -0.2) is 9.79 Å². The van der Waals surface area contributed by atoms with Crippen LogP contribution in [0.2, 0.25) is 0 Å². The highest BCUT2D eigenvalue weighted by atomic mass is 35.5. The van der Waals surface area contributed by atoms with Gasteiger partial charge in [-0.2, -0.15) is 0 Å². The molecule has 0 spiro atoms. The van der Waals surface area contributed by atoms with E-state index in [2.05, 4.69) is 25.8 Å². The first-order valence-corrected chi connectivity index (χ1v) is 7.86. The minimum atomic E-state index is -0.971. The summed E-state index contributed by atoms with van der Waals surface area (Å²) in [6.45, 7) is 6.30. The summed E-state index contributed by atoms with van der Waals surface area (Å²) in [5, 5.41) is 9.26. The van der Waals surface area contributed by atoms with E-state index in [-0.39, 0.29) is 11.0 Å². The number of benzene rings is 2. The zero-order valence-corrected chi connectivity index (χ0v) is 14.9. The Kier molecular flexibility index (Phi) is 5.30. The van der Waals surface area contributed by atoms with Crippen LogP contribution in [-0.2, 0) is 5.41 Å². The van der Waals surface area contributed by atoms with Gasteiger partial charge in [-0.1, -0.05) is 32.4 Å². The van der Waals surface area contributed by atoms with Crippen molar-refractivity contribution in [3.05, 3.63) is 59.2 Å². The summed E-state index contributed by atoms with van der Waals surface area (Å²) in [7, 11) is 1.64. The van der Waals surface area contributed by atoms with E-state index in [0.29, 0.717) is 10.9 Å². The van der Waals surface area contributed by atoms with Crippen molar-refractivity contribution in [3.8, 4) is 5.75 Å². The number of carboxylic acids is 1. The molecule has 0 aromatic heterocycles. The molecule has 0 heterocycles. The molecule has 0 atom stereocenters. The maximum absolute atomic E-state index is 10.9. The number of carboxylic acid groups (broad SMARTS) is 1. The molecular weight excluding hydrogens is 326 g/mol. The van der Waals surface area contributed by atoms with Crippen molar-refractivity contribution >= 4 is 28.4 Å². The molecule has 2 rings (SSSR count). The van der Waals surface area contributed by atoms with E-state index in [1.54, 1.807) is 19.2 Å². The molecule has 2 aromatic carbocycles. The summed E-state index contributed by atoms with van der Waals surface area (Å²) in [6, 6.07) is 11.9. The van der Waals surface area contributed by atoms with Gasteiger partial charge in [0.1, 0.15) is 10.9 Å². The SMILES string of the molecule is COc1ccc(C(Cl)=Nc2ccc(C(=O)O)cc2)cc1C(C)(C)C. The van der Waals surface area contributed by atoms with E-state index in [1.165, 1.54) is 12.1 Å². The monoisotopic (exact) mass is 345 g/mol. The lowest BCUT2D eigenvalue weighted by atomic mass is 9.85. The number of hydrogen-bond donors (Lipinski definition) is 1. The maximum atomic E-state index is 10.9. The van der Waals surface area contributed by atoms with Crippen LogP contribution in [-0.4, -0.2) is 23.4 Å². The second-order valence-corrected chi connectivity index (χ2v) is 6.78. The Labute approximate surface area is 146 Å². The molecule has 0 bridgehead atoms. The second kappa shape index (κ2) is 7.05. The standard InChI is InChI=1S/C19H20ClNO3/c1-19(2,3)15-11-13(7-10-16(15)24-4)17(20)21-14-8-5-12(6-9-14)18(22)23/h5-11H,1-4H3,(H,22,23). The molecule has 0 fully saturated rings. The van der Waals surface area contributed by atoms with Crippen LogP contribution < -0.4 is 4.74 Å². The predicted molar refractivity (Wildman–Crippen MR) is 97.1 cm³/mol. The highest BCUT2D eigenvalue weighted by Gasteiger charge is 2.20. The first kappa shape index (κ1) is 18.0. The number of carbonyl (C=O) groups is 1. The van der Waals surface area contributed by atoms with Crippen molar-refractivity contribution < 1.29 is 14.6 Å². The van der Waals surface area contributed by atoms with E-state index in [9.17, 15) is 4.79 Å². The maximum Gasteiger partial charge on any atom is 0.335 e. The van der Waals surface area contributed by atoms with Crippen LogP contribution in [0.3, 0.4) is 0 Å². The molecule has 0 aliphatic rings. The van der Waals surface area contributed by atoms with Gasteiger partial charge >= 0.3 is 5.97 Å². The minimum Gasteiger partial charge on any atom is -0.496 e. The van der Waals surface area contributed by atoms with Crippen LogP contribution in [0.15, 0.2) is 47.5 Å². The van der Waals surface area contributed by atoms with Gasteiger partial charge in [0.15, 0.2) is 0 Å². The fraction of sp³-hybridized carbons (Fsp3) is 0.263. The first-order chi connectivity index (χ1) is 11.2. The van der Waals surface area contributed by atoms with Crippen LogP contribution >= 0.6 is 11.6 Å². The molecule has 0 aliphatic heterocycles. The van der Waals surface area contributed by atoms with Crippen molar-refractivity contribution in [2.75, 3.05) is 7.11 Å². The van der Waals surface area contributed by atoms with Crippen molar-refractivity contribution in [2.24, 2.45) is 4.99 Å². The number of aromatic carboxylic acids is 1. The van der Waals surface area contributed by atoms with Gasteiger partial charge in [0.2, 0.25) is 0 Å². The molecule has 24 heavy (non-hydrogen) atoms. The quantitative estimate of drug-likeness (QED) is 0.792. The van der Waals surface area contributed by atoms with Crippen molar-refractivity contribution in [1.82, 2.24) is 0 Å². The Morgan fingerprint density at radius 3 is 2.17 bits per heavy atom. The highest BCUT2D eigenvalue weighted by molar-refractivity contribution is 6.69. The molecule has 0 amide bonds. The summed E-state index contributed by atoms with van der Waals surface area (Å²) in [5.41, 5.74) is 2.53. The molecule has 0 aliphatic carbocycles. The number of halogens is 1. The molecule has 1 N–H and O–H groups in total. The van der Waals surface area contributed by atoms with E-state index in [0.717, 1.165) is 16.9 Å². The lowest BCUT2D eigenvalue weighted by Gasteiger charge is -2.22. The fourth-order valence-corrected chi connectivity index (χ4v) is 2.49. The second-order valence-electron chi connectivity index (χ2n) is 6.42. The Hall–Kier alpha value is -2.33. The molecule has 4 nitrogen and oxygen atoms in total. The molecule has 0 unspecified atom stereocenters. The summed E-state index contributed by atoms with van der Waals surface area (Å²) >= 11 is 6.35. The molecule has 5 heteroatoms. The fourth-order valence-electron chi connectivity index (χ4n) is 2.28. The van der Waals surface area contributed by atoms with E-state index in [1.807, 2.05) is 18.2 Å². The molecule has 2 aromatic rings. The number of methoxy groups -OCH3 is 1. The molecule has 0 saturated heterocycles. The Morgan fingerprint density at radius 1 is 1.08 bits per heavy atom. The van der Waals surface area contributed by atoms with Gasteiger partial charge in [-0.05, 0) is 47.9 Å². The molecule has 126 valence electrons. The lowest BCUT2D eigenvalue weighted by molar-refractivity contribution is 0.0697. The van der Waals surface area contributed by atoms with E-state index in [4.69, 9.17) is 21.4 Å². The van der Waals surface area contributed by atoms with Crippen molar-refractivity contribution in [3.63, 3.8) is 0 Å². The van der Waals surface area contributed by atoms with E-state index < -0.39 is 5.97 Å². The van der Waals surface area contributed by atoms with Crippen LogP contribution in [0.1, 0.15) is 42.3 Å². The lowest BCUT2D eigenvalue weighted by Crippen LogP contribution is -2.13. The summed E-state index contributed by atoms with van der Waals surface area (Å²) in [4.78, 5) is 15.2. The number of ether oxygens (including phenoxy) is 1. The summed E-state index contributed by atoms with van der Waals surface area (Å²) < 4.78 is 5.42. The van der Waals surface area contributed by atoms with Crippen LogP contribution in [0.5, 0.6) is 5.75 Å². The Bertz CT molecular complexity index is 774. The Balaban J connectivity index is 2.38.